The highest BCUT2D eigenvalue weighted by molar-refractivity contribution is 5.94. The maximum absolute atomic E-state index is 14.6. The van der Waals surface area contributed by atoms with Gasteiger partial charge in [0.1, 0.15) is 5.82 Å². The van der Waals surface area contributed by atoms with Crippen molar-refractivity contribution in [2.24, 2.45) is 0 Å². The van der Waals surface area contributed by atoms with E-state index in [0.29, 0.717) is 0 Å². The molecule has 1 aromatic heterocycles. The van der Waals surface area contributed by atoms with Crippen molar-refractivity contribution >= 4 is 22.2 Å². The second-order valence-electron chi connectivity index (χ2n) is 7.64. The second-order valence-corrected chi connectivity index (χ2v) is 7.64. The van der Waals surface area contributed by atoms with Gasteiger partial charge in [-0.3, -0.25) is 4.98 Å². The first-order chi connectivity index (χ1) is 14.4. The fraction of sp³-hybridized carbons (Fsp3) is 0.292. The molecule has 3 nitrogen and oxygen atoms in total. The minimum Gasteiger partial charge on any atom is -0.378 e. The lowest BCUT2D eigenvalue weighted by Gasteiger charge is -2.20. The average Bonchev–Trinajstić information content (AvgIpc) is 2.74. The van der Waals surface area contributed by atoms with Crippen LogP contribution in [0.3, 0.4) is 0 Å². The summed E-state index contributed by atoms with van der Waals surface area (Å²) in [5, 5.41) is 7.56. The Labute approximate surface area is 174 Å². The van der Waals surface area contributed by atoms with Gasteiger partial charge in [0.25, 0.3) is 6.43 Å². The third-order valence-corrected chi connectivity index (χ3v) is 5.50. The minimum absolute atomic E-state index is 0.215. The predicted octanol–water partition coefficient (Wildman–Crippen LogP) is 6.17. The molecular formula is C24H24F3N3. The van der Waals surface area contributed by atoms with Gasteiger partial charge in [0.05, 0.1) is 17.1 Å². The summed E-state index contributed by atoms with van der Waals surface area (Å²) < 4.78 is 40.8. The molecule has 0 amide bonds. The molecule has 30 heavy (non-hydrogen) atoms. The maximum Gasteiger partial charge on any atom is 0.266 e. The Morgan fingerprint density at radius 2 is 1.90 bits per heavy atom. The van der Waals surface area contributed by atoms with Crippen LogP contribution in [0.5, 0.6) is 0 Å². The molecule has 4 rings (SSSR count). The molecule has 6 heteroatoms. The highest BCUT2D eigenvalue weighted by Gasteiger charge is 2.20. The summed E-state index contributed by atoms with van der Waals surface area (Å²) in [6.07, 6.45) is 0.296. The Hall–Kier alpha value is -2.86. The van der Waals surface area contributed by atoms with E-state index in [0.717, 1.165) is 53.4 Å². The Bertz CT molecular complexity index is 1110. The van der Waals surface area contributed by atoms with Crippen LogP contribution < -0.4 is 10.6 Å². The zero-order chi connectivity index (χ0) is 21.3. The van der Waals surface area contributed by atoms with Crippen molar-refractivity contribution < 1.29 is 13.2 Å². The highest BCUT2D eigenvalue weighted by Crippen LogP contribution is 2.33. The lowest BCUT2D eigenvalue weighted by molar-refractivity contribution is 0.146. The third kappa shape index (κ3) is 4.05. The summed E-state index contributed by atoms with van der Waals surface area (Å²) in [6, 6.07) is 11.7. The fourth-order valence-corrected chi connectivity index (χ4v) is 3.94. The molecule has 2 heterocycles. The largest absolute Gasteiger partial charge is 0.378 e. The molecule has 0 unspecified atom stereocenters. The number of aromatic nitrogens is 1. The lowest BCUT2D eigenvalue weighted by atomic mass is 9.97. The van der Waals surface area contributed by atoms with Crippen LogP contribution in [0.15, 0.2) is 48.5 Å². The van der Waals surface area contributed by atoms with E-state index >= 15 is 0 Å². The van der Waals surface area contributed by atoms with Crippen LogP contribution in [0, 0.1) is 12.7 Å². The molecule has 0 saturated carbocycles. The monoisotopic (exact) mass is 411 g/mol. The summed E-state index contributed by atoms with van der Waals surface area (Å²) in [6.45, 7) is 5.46. The number of hydrogen-bond donors (Lipinski definition) is 2. The SMILES string of the molecule is Cc1cc(N[C@H](C)c2cccc(C(F)F)c2F)c2cc(C3=CCNCC3)ccc2n1. The van der Waals surface area contributed by atoms with Crippen molar-refractivity contribution in [3.63, 3.8) is 0 Å². The summed E-state index contributed by atoms with van der Waals surface area (Å²) in [5.74, 6) is -0.858. The molecule has 0 aliphatic carbocycles. The van der Waals surface area contributed by atoms with Crippen molar-refractivity contribution in [3.05, 3.63) is 76.7 Å². The van der Waals surface area contributed by atoms with Gasteiger partial charge in [-0.15, -0.1) is 0 Å². The number of halogens is 3. The van der Waals surface area contributed by atoms with E-state index in [4.69, 9.17) is 0 Å². The molecule has 0 fully saturated rings. The molecule has 2 N–H and O–H groups in total. The number of nitrogens with zero attached hydrogens (tertiary/aromatic N) is 1. The third-order valence-electron chi connectivity index (χ3n) is 5.50. The van der Waals surface area contributed by atoms with E-state index in [2.05, 4.69) is 33.8 Å². The topological polar surface area (TPSA) is 37.0 Å². The van der Waals surface area contributed by atoms with Gasteiger partial charge < -0.3 is 10.6 Å². The quantitative estimate of drug-likeness (QED) is 0.527. The Balaban J connectivity index is 1.73. The van der Waals surface area contributed by atoms with Gasteiger partial charge in [-0.25, -0.2) is 13.2 Å². The predicted molar refractivity (Wildman–Crippen MR) is 115 cm³/mol. The second kappa shape index (κ2) is 8.48. The number of hydrogen-bond acceptors (Lipinski definition) is 3. The maximum atomic E-state index is 14.6. The molecule has 0 spiro atoms. The van der Waals surface area contributed by atoms with Gasteiger partial charge in [-0.2, -0.15) is 0 Å². The molecule has 3 aromatic rings. The molecular weight excluding hydrogens is 387 g/mol. The molecule has 1 aliphatic rings. The number of benzene rings is 2. The van der Waals surface area contributed by atoms with E-state index in [1.165, 1.54) is 11.6 Å². The zero-order valence-electron chi connectivity index (χ0n) is 17.0. The van der Waals surface area contributed by atoms with Gasteiger partial charge in [-0.1, -0.05) is 30.3 Å². The summed E-state index contributed by atoms with van der Waals surface area (Å²) >= 11 is 0. The van der Waals surface area contributed by atoms with Crippen LogP contribution in [0.2, 0.25) is 0 Å². The van der Waals surface area contributed by atoms with Crippen LogP contribution in [-0.4, -0.2) is 18.1 Å². The first kappa shape index (κ1) is 20.4. The standard InChI is InChI=1S/C24H24F3N3/c1-14-12-22(30-15(2)18-4-3-5-19(23(18)25)24(26)27)20-13-17(6-7-21(20)29-14)16-8-10-28-11-9-16/h3-8,12-13,15,24,28H,9-11H2,1-2H3,(H,29,30)/t15-/m1/s1. The zero-order valence-corrected chi connectivity index (χ0v) is 17.0. The van der Waals surface area contributed by atoms with Crippen LogP contribution in [-0.2, 0) is 0 Å². The van der Waals surface area contributed by atoms with Crippen molar-refractivity contribution in [3.8, 4) is 0 Å². The summed E-state index contributed by atoms with van der Waals surface area (Å²) in [7, 11) is 0. The number of anilines is 1. The van der Waals surface area contributed by atoms with Crippen LogP contribution in [0.1, 0.15) is 48.2 Å². The van der Waals surface area contributed by atoms with Crippen molar-refractivity contribution in [2.45, 2.75) is 32.7 Å². The van der Waals surface area contributed by atoms with Gasteiger partial charge in [0.15, 0.2) is 0 Å². The Morgan fingerprint density at radius 1 is 1.10 bits per heavy atom. The number of rotatable bonds is 5. The van der Waals surface area contributed by atoms with E-state index in [1.54, 1.807) is 13.0 Å². The van der Waals surface area contributed by atoms with Crippen LogP contribution >= 0.6 is 0 Å². The van der Waals surface area contributed by atoms with E-state index in [1.807, 2.05) is 19.1 Å². The molecule has 1 aliphatic heterocycles. The van der Waals surface area contributed by atoms with Crippen molar-refractivity contribution in [1.29, 1.82) is 0 Å². The van der Waals surface area contributed by atoms with Crippen molar-refractivity contribution in [2.75, 3.05) is 18.4 Å². The van der Waals surface area contributed by atoms with Gasteiger partial charge in [-0.05, 0) is 56.1 Å². The van der Waals surface area contributed by atoms with Crippen LogP contribution in [0.25, 0.3) is 16.5 Å². The molecule has 1 atom stereocenters. The summed E-state index contributed by atoms with van der Waals surface area (Å²) in [5.41, 5.74) is 4.53. The molecule has 2 aromatic carbocycles. The van der Waals surface area contributed by atoms with E-state index in [-0.39, 0.29) is 5.56 Å². The normalized spacial score (nSPS) is 15.3. The fourth-order valence-electron chi connectivity index (χ4n) is 3.94. The number of nitrogens with one attached hydrogen (secondary N) is 2. The number of pyridine rings is 1. The van der Waals surface area contributed by atoms with Gasteiger partial charge >= 0.3 is 0 Å². The first-order valence-electron chi connectivity index (χ1n) is 10.1. The Morgan fingerprint density at radius 3 is 2.63 bits per heavy atom. The van der Waals surface area contributed by atoms with Gasteiger partial charge in [0, 0.05) is 28.9 Å². The smallest absolute Gasteiger partial charge is 0.266 e. The molecule has 0 radical (unpaired) electrons. The first-order valence-corrected chi connectivity index (χ1v) is 10.1. The minimum atomic E-state index is -2.85. The van der Waals surface area contributed by atoms with E-state index < -0.39 is 23.8 Å². The molecule has 156 valence electrons. The van der Waals surface area contributed by atoms with Crippen LogP contribution in [0.4, 0.5) is 18.9 Å². The number of aryl methyl sites for hydroxylation is 1. The lowest BCUT2D eigenvalue weighted by Crippen LogP contribution is -2.20. The molecule has 0 saturated heterocycles. The summed E-state index contributed by atoms with van der Waals surface area (Å²) in [4.78, 5) is 4.61. The number of fused-ring (bicyclic) bond motifs is 1. The van der Waals surface area contributed by atoms with Crippen molar-refractivity contribution in [1.82, 2.24) is 10.3 Å². The van der Waals surface area contributed by atoms with E-state index in [9.17, 15) is 13.2 Å². The Kier molecular flexibility index (Phi) is 5.77. The number of alkyl halides is 2. The van der Waals surface area contributed by atoms with Gasteiger partial charge in [0.2, 0.25) is 0 Å². The highest BCUT2D eigenvalue weighted by atomic mass is 19.3. The average molecular weight is 411 g/mol. The molecule has 0 bridgehead atoms.